The number of para-hydroxylation sites is 2. The average molecular weight is 494 g/mol. The molecule has 1 aliphatic heterocycles. The van der Waals surface area contributed by atoms with E-state index in [9.17, 15) is 24.3 Å². The second-order valence-electron chi connectivity index (χ2n) is 8.55. The Labute approximate surface area is 205 Å². The second kappa shape index (κ2) is 6.87. The number of aromatic nitrogens is 2. The highest BCUT2D eigenvalue weighted by Gasteiger charge is 2.36. The lowest BCUT2D eigenvalue weighted by molar-refractivity contribution is 0.0695. The van der Waals surface area contributed by atoms with Crippen molar-refractivity contribution in [1.29, 1.82) is 0 Å². The van der Waals surface area contributed by atoms with Crippen molar-refractivity contribution in [2.75, 3.05) is 4.90 Å². The number of benzene rings is 4. The molecule has 2 amide bonds. The Hall–Kier alpha value is -4.82. The number of carbonyl (C=O) groups is 3. The minimum absolute atomic E-state index is 0.0246. The Morgan fingerprint density at radius 2 is 1.53 bits per heavy atom. The molecule has 9 heteroatoms. The number of rotatable bonds is 2. The van der Waals surface area contributed by atoms with Crippen LogP contribution in [0.15, 0.2) is 71.5 Å². The van der Waals surface area contributed by atoms with Crippen LogP contribution in [-0.4, -0.2) is 32.3 Å². The summed E-state index contributed by atoms with van der Waals surface area (Å²) in [5, 5.41) is 11.3. The van der Waals surface area contributed by atoms with E-state index in [1.165, 1.54) is 24.3 Å². The number of hydrogen-bond donors (Lipinski definition) is 1. The van der Waals surface area contributed by atoms with E-state index in [1.54, 1.807) is 22.6 Å². The van der Waals surface area contributed by atoms with E-state index in [0.717, 1.165) is 4.90 Å². The van der Waals surface area contributed by atoms with Crippen LogP contribution in [0.4, 0.5) is 5.69 Å². The van der Waals surface area contributed by atoms with Crippen LogP contribution in [0.5, 0.6) is 0 Å². The van der Waals surface area contributed by atoms with Gasteiger partial charge in [-0.15, -0.1) is 0 Å². The summed E-state index contributed by atoms with van der Waals surface area (Å²) >= 11 is 6.30. The van der Waals surface area contributed by atoms with Gasteiger partial charge in [0, 0.05) is 32.7 Å². The summed E-state index contributed by atoms with van der Waals surface area (Å²) < 4.78 is 1.55. The first-order valence-electron chi connectivity index (χ1n) is 10.9. The van der Waals surface area contributed by atoms with Crippen LogP contribution >= 0.6 is 11.6 Å². The first kappa shape index (κ1) is 20.5. The lowest BCUT2D eigenvalue weighted by Crippen LogP contribution is -2.40. The fourth-order valence-electron chi connectivity index (χ4n) is 5.12. The third kappa shape index (κ3) is 2.45. The fraction of sp³-hybridized carbons (Fsp3) is 0. The van der Waals surface area contributed by atoms with Gasteiger partial charge in [0.1, 0.15) is 5.65 Å². The Bertz CT molecular complexity index is 2040. The predicted molar refractivity (Wildman–Crippen MR) is 135 cm³/mol. The molecule has 0 aliphatic carbocycles. The Balaban J connectivity index is 1.57. The maximum Gasteiger partial charge on any atom is 0.335 e. The number of halogens is 1. The lowest BCUT2D eigenvalue weighted by Gasteiger charge is -2.28. The number of carboxylic acid groups (broad SMARTS) is 1. The van der Waals surface area contributed by atoms with Crippen LogP contribution in [0.3, 0.4) is 0 Å². The number of carboxylic acids is 1. The van der Waals surface area contributed by atoms with Crippen LogP contribution in [0.2, 0.25) is 5.02 Å². The standard InChI is InChI=1S/C27H12ClN3O5/c28-17-10-5-12(27(35)36)11-20(17)31-25(33)15-7-6-13-21-14(8-9-16(22(15)21)26(31)34)24(32)30-19-4-2-1-3-18(19)29-23(13)30/h1-11H,(H,35,36). The predicted octanol–water partition coefficient (Wildman–Crippen LogP) is 4.74. The smallest absolute Gasteiger partial charge is 0.335 e. The van der Waals surface area contributed by atoms with Gasteiger partial charge in [-0.25, -0.2) is 14.7 Å². The van der Waals surface area contributed by atoms with Crippen LogP contribution in [0, 0.1) is 0 Å². The number of imidazole rings is 1. The summed E-state index contributed by atoms with van der Waals surface area (Å²) in [6.45, 7) is 0. The van der Waals surface area contributed by atoms with Crippen molar-refractivity contribution in [1.82, 2.24) is 9.38 Å². The minimum atomic E-state index is -1.22. The van der Waals surface area contributed by atoms with E-state index in [1.807, 2.05) is 24.3 Å². The van der Waals surface area contributed by atoms with Gasteiger partial charge in [-0.05, 0) is 54.6 Å². The Morgan fingerprint density at radius 3 is 2.25 bits per heavy atom. The molecule has 0 radical (unpaired) electrons. The van der Waals surface area contributed by atoms with E-state index in [-0.39, 0.29) is 33.0 Å². The van der Waals surface area contributed by atoms with Crippen molar-refractivity contribution in [3.8, 4) is 0 Å². The van der Waals surface area contributed by atoms with Crippen LogP contribution in [0.25, 0.3) is 38.2 Å². The number of carbonyl (C=O) groups excluding carboxylic acids is 2. The van der Waals surface area contributed by atoms with E-state index in [4.69, 9.17) is 11.6 Å². The molecule has 7 rings (SSSR count). The monoisotopic (exact) mass is 493 g/mol. The normalized spacial score (nSPS) is 13.5. The highest BCUT2D eigenvalue weighted by molar-refractivity contribution is 6.42. The van der Waals surface area contributed by atoms with E-state index >= 15 is 0 Å². The molecular weight excluding hydrogens is 482 g/mol. The number of fused-ring (bicyclic) bond motifs is 4. The zero-order chi connectivity index (χ0) is 24.9. The average Bonchev–Trinajstić information content (AvgIpc) is 3.27. The third-order valence-corrected chi connectivity index (χ3v) is 7.02. The molecule has 6 aromatic rings. The van der Waals surface area contributed by atoms with Gasteiger partial charge < -0.3 is 5.11 Å². The highest BCUT2D eigenvalue weighted by Crippen LogP contribution is 2.40. The van der Waals surface area contributed by atoms with Gasteiger partial charge in [0.15, 0.2) is 0 Å². The summed E-state index contributed by atoms with van der Waals surface area (Å²) in [6, 6.07) is 17.5. The topological polar surface area (TPSA) is 109 Å². The van der Waals surface area contributed by atoms with E-state index in [0.29, 0.717) is 38.2 Å². The van der Waals surface area contributed by atoms with Gasteiger partial charge in [-0.2, -0.15) is 0 Å². The quantitative estimate of drug-likeness (QED) is 0.349. The summed E-state index contributed by atoms with van der Waals surface area (Å²) in [6.07, 6.45) is 0. The molecule has 172 valence electrons. The summed E-state index contributed by atoms with van der Waals surface area (Å²) in [7, 11) is 0. The number of pyridine rings is 1. The van der Waals surface area contributed by atoms with Gasteiger partial charge in [0.25, 0.3) is 17.4 Å². The molecule has 0 saturated heterocycles. The van der Waals surface area contributed by atoms with Gasteiger partial charge in [0.2, 0.25) is 0 Å². The largest absolute Gasteiger partial charge is 0.478 e. The number of nitrogens with zero attached hydrogens (tertiary/aromatic N) is 3. The first-order valence-corrected chi connectivity index (χ1v) is 11.3. The Kier molecular flexibility index (Phi) is 3.92. The summed E-state index contributed by atoms with van der Waals surface area (Å²) in [5.41, 5.74) is 1.75. The minimum Gasteiger partial charge on any atom is -0.478 e. The van der Waals surface area contributed by atoms with Crippen molar-refractivity contribution in [3.05, 3.63) is 98.8 Å². The van der Waals surface area contributed by atoms with Crippen LogP contribution < -0.4 is 10.5 Å². The van der Waals surface area contributed by atoms with Gasteiger partial charge in [-0.1, -0.05) is 23.7 Å². The molecular formula is C27H12ClN3O5. The number of amides is 2. The molecule has 8 nitrogen and oxygen atoms in total. The van der Waals surface area contributed by atoms with E-state index in [2.05, 4.69) is 4.98 Å². The molecule has 0 spiro atoms. The zero-order valence-electron chi connectivity index (χ0n) is 18.2. The summed E-state index contributed by atoms with van der Waals surface area (Å²) in [5.74, 6) is -2.54. The first-order chi connectivity index (χ1) is 17.4. The molecule has 0 unspecified atom stereocenters. The molecule has 36 heavy (non-hydrogen) atoms. The van der Waals surface area contributed by atoms with Gasteiger partial charge in [-0.3, -0.25) is 18.8 Å². The molecule has 4 aromatic carbocycles. The van der Waals surface area contributed by atoms with Gasteiger partial charge >= 0.3 is 5.97 Å². The van der Waals surface area contributed by atoms with Crippen molar-refractivity contribution >= 4 is 73.3 Å². The van der Waals surface area contributed by atoms with Crippen LogP contribution in [0.1, 0.15) is 31.1 Å². The molecule has 0 bridgehead atoms. The number of hydrogen-bond acceptors (Lipinski definition) is 5. The number of anilines is 1. The third-order valence-electron chi connectivity index (χ3n) is 6.70. The molecule has 1 aliphatic rings. The Morgan fingerprint density at radius 1 is 0.833 bits per heavy atom. The van der Waals surface area contributed by atoms with Crippen LogP contribution in [-0.2, 0) is 0 Å². The van der Waals surface area contributed by atoms with Gasteiger partial charge in [0.05, 0.1) is 27.3 Å². The molecule has 0 saturated carbocycles. The van der Waals surface area contributed by atoms with Crippen molar-refractivity contribution in [2.24, 2.45) is 0 Å². The lowest BCUT2D eigenvalue weighted by atomic mass is 9.90. The molecule has 1 N–H and O–H groups in total. The SMILES string of the molecule is O=C(O)c1ccc(Cl)c(N2C(=O)c3ccc4c(=O)n5c6ccccc6nc5c5ccc(c3c45)C2=O)c1. The number of imide groups is 1. The second-order valence-corrected chi connectivity index (χ2v) is 8.96. The zero-order valence-corrected chi connectivity index (χ0v) is 18.9. The number of aromatic carboxylic acids is 1. The molecule has 0 fully saturated rings. The van der Waals surface area contributed by atoms with Crippen molar-refractivity contribution in [2.45, 2.75) is 0 Å². The van der Waals surface area contributed by atoms with Crippen molar-refractivity contribution < 1.29 is 19.5 Å². The molecule has 2 aromatic heterocycles. The highest BCUT2D eigenvalue weighted by atomic mass is 35.5. The van der Waals surface area contributed by atoms with E-state index < -0.39 is 17.8 Å². The maximum atomic E-state index is 13.6. The van der Waals surface area contributed by atoms with Crippen molar-refractivity contribution in [3.63, 3.8) is 0 Å². The summed E-state index contributed by atoms with van der Waals surface area (Å²) in [4.78, 5) is 57.9. The molecule has 0 atom stereocenters. The molecule has 3 heterocycles. The maximum absolute atomic E-state index is 13.6. The fourth-order valence-corrected chi connectivity index (χ4v) is 5.32.